The van der Waals surface area contributed by atoms with Crippen molar-refractivity contribution in [2.75, 3.05) is 27.4 Å². The van der Waals surface area contributed by atoms with Crippen molar-refractivity contribution < 1.29 is 87.9 Å². The second-order valence-corrected chi connectivity index (χ2v) is 57.7. The van der Waals surface area contributed by atoms with E-state index in [-0.39, 0.29) is 149 Å². The lowest BCUT2D eigenvalue weighted by molar-refractivity contribution is -0.217. The molecule has 18 nitrogen and oxygen atoms in total. The molecule has 804 valence electrons. The maximum atomic E-state index is 13.9. The highest BCUT2D eigenvalue weighted by atomic mass is 16.5. The standard InChI is InChI=1S/C34H52O4.C32H48O5.C31H48O4.C29H44O5/c1-9-18-38-29(36)34-17-12-22(2)19-25(34)24-10-11-27-30(4)15-13-23(3)31(5,21-35)26(30)14-16-32(27,6)33(24,7)20-28(34)37-8;1-7-16-37-27(36)32-15-10-20(2)17-22(32)21-8-9-24-28(3)13-12-25(34)29(4,19-33)23(28)11-14-30(24,5)31(21,6)18-26(32)35;1-19-10-15-31(26(33)34)22(16-19)21-8-9-24-27(3)13-11-20(2)28(4,18-32)23(27)12-14-29(24,5)30(21,6)17-25(31)35-7;1-17-8-13-29(24(33)34)19(14-17)18-6-7-21-25(2)11-10-22(31)26(3,16-30)20(25)9-12-27(21,4)28(18,5)15-23(29)32/h9-10,21-23,25-28H,1,11-20H2,2-8H3;7-8,19-20,22-26,34-35H,1,9-18H2,2-6H3;8,18-20,22-25H,9-17H2,1-7H3,(H,33,34);6,16-17,19-23,31-32H,7-15H2,1-5H3,(H,33,34)/t22-,23+,25?,26-,27?,28?,30?,31+,32+,33-,34-;20-,22?,23-,24?,25+,26?,28?,29-,30+,31-,32-;19-,20+,22?,23-,24?,25?,27?,28+,29+,30-,31-;17-,19?,20-,21?,22+,23?,25?,26-,27+,28-,29-/m1111/s1. The van der Waals surface area contributed by atoms with Crippen LogP contribution in [0, 0.1) is 215 Å². The Morgan fingerprint density at radius 1 is 0.319 bits per heavy atom. The summed E-state index contributed by atoms with van der Waals surface area (Å²) in [5.74, 6) is 4.04. The first-order valence-electron chi connectivity index (χ1n) is 57.9. The van der Waals surface area contributed by atoms with Crippen LogP contribution in [0.3, 0.4) is 0 Å². The average molecular weight is 1990 g/mol. The number of rotatable bonds is 14. The van der Waals surface area contributed by atoms with E-state index in [1.165, 1.54) is 47.7 Å². The molecule has 20 aliphatic rings. The van der Waals surface area contributed by atoms with Gasteiger partial charge in [0.15, 0.2) is 0 Å². The van der Waals surface area contributed by atoms with E-state index in [0.29, 0.717) is 110 Å². The minimum Gasteiger partial charge on any atom is -0.481 e. The van der Waals surface area contributed by atoms with Gasteiger partial charge in [0.05, 0.1) is 47.5 Å². The highest BCUT2D eigenvalue weighted by Gasteiger charge is 2.79. The first-order chi connectivity index (χ1) is 67.4. The van der Waals surface area contributed by atoms with Gasteiger partial charge in [0.1, 0.15) is 60.0 Å². The third kappa shape index (κ3) is 14.7. The van der Waals surface area contributed by atoms with Crippen LogP contribution in [0.25, 0.3) is 0 Å². The van der Waals surface area contributed by atoms with Crippen LogP contribution in [0.5, 0.6) is 0 Å². The van der Waals surface area contributed by atoms with Gasteiger partial charge in [0.25, 0.3) is 0 Å². The normalized spacial score (nSPS) is 54.1. The SMILES string of the molecule is C=CCOC(=O)[C@]12CC[C@@H](C)CC1C1=CCC3C4(C)CC[C@H](C)[C@](C)(C=O)[C@@H]4CC[C@]3(C)[C@]1(C)CC2OC.C=CCOC(=O)[C@]12CC[C@@H](C)CC1C1=CCC3C4(C)CC[C@H](O)[C@](C)(C=O)[C@@H]4CC[C@]3(C)[C@]1(C)CC2O.COC1C[C@]2(C)C(=CCC3C4(C)CC[C@H](C)[C@](C)(C=O)[C@@H]4CC[C@@]32C)C2C[C@H](C)CC[C@]12C(=O)O.C[C@@H]1CC[C@]2(C(=O)O)C(O)C[C@]3(C)C(=CCC4C5(C)CC[C@H](O)[C@](C)(C=O)[C@@H]5CC[C@@]43C)C2C1. The number of carboxylic acids is 2. The van der Waals surface area contributed by atoms with Crippen LogP contribution in [0.4, 0.5) is 0 Å². The largest absolute Gasteiger partial charge is 0.481 e. The Hall–Kier alpha value is -5.24. The van der Waals surface area contributed by atoms with Gasteiger partial charge in [-0.25, -0.2) is 0 Å². The van der Waals surface area contributed by atoms with Gasteiger partial charge in [-0.05, 0) is 403 Å². The fourth-order valence-corrected chi connectivity index (χ4v) is 43.4. The zero-order valence-electron chi connectivity index (χ0n) is 93.5. The molecule has 18 heteroatoms. The zero-order chi connectivity index (χ0) is 105. The molecule has 144 heavy (non-hydrogen) atoms. The van der Waals surface area contributed by atoms with Crippen molar-refractivity contribution in [3.63, 3.8) is 0 Å². The molecule has 0 aromatic carbocycles. The molecule has 0 saturated heterocycles. The number of methoxy groups -OCH3 is 2. The van der Waals surface area contributed by atoms with E-state index in [0.717, 1.165) is 192 Å². The molecule has 6 N–H and O–H groups in total. The molecule has 44 atom stereocenters. The summed E-state index contributed by atoms with van der Waals surface area (Å²) in [6, 6.07) is 0. The van der Waals surface area contributed by atoms with Crippen molar-refractivity contribution in [3.05, 3.63) is 71.9 Å². The molecule has 0 aromatic rings. The van der Waals surface area contributed by atoms with Crippen molar-refractivity contribution in [1.82, 2.24) is 0 Å². The predicted molar refractivity (Wildman–Crippen MR) is 562 cm³/mol. The van der Waals surface area contributed by atoms with Crippen molar-refractivity contribution >= 4 is 49.0 Å². The highest BCUT2D eigenvalue weighted by molar-refractivity contribution is 5.82. The number of ether oxygens (including phenoxy) is 4. The summed E-state index contributed by atoms with van der Waals surface area (Å²) < 4.78 is 24.0. The Morgan fingerprint density at radius 2 is 0.576 bits per heavy atom. The van der Waals surface area contributed by atoms with Gasteiger partial charge in [-0.1, -0.05) is 224 Å². The molecule has 20 rings (SSSR count). The topological polar surface area (TPSA) is 295 Å². The van der Waals surface area contributed by atoms with Gasteiger partial charge < -0.3 is 68.8 Å². The summed E-state index contributed by atoms with van der Waals surface area (Å²) >= 11 is 0. The van der Waals surface area contributed by atoms with Crippen LogP contribution in [-0.4, -0.2) is 144 Å². The smallest absolute Gasteiger partial charge is 0.315 e. The second-order valence-electron chi connectivity index (χ2n) is 57.7. The monoisotopic (exact) mass is 1990 g/mol. The van der Waals surface area contributed by atoms with Crippen LogP contribution in [0.1, 0.15) is 383 Å². The maximum absolute atomic E-state index is 13.9. The number of aliphatic hydroxyl groups is 4. The highest BCUT2D eigenvalue weighted by Crippen LogP contribution is 2.83. The average Bonchev–Trinajstić information content (AvgIpc) is 0.683. The summed E-state index contributed by atoms with van der Waals surface area (Å²) in [6.07, 6.45) is 47.4. The number of carbonyl (C=O) groups is 8. The summed E-state index contributed by atoms with van der Waals surface area (Å²) in [5.41, 5.74) is -0.136. The summed E-state index contributed by atoms with van der Waals surface area (Å²) in [6.45, 7) is 59.3. The lowest BCUT2D eigenvalue weighted by Crippen LogP contribution is -2.67. The minimum atomic E-state index is -1.06. The number of aliphatic hydroxyl groups excluding tert-OH is 4. The number of aliphatic carboxylic acids is 2. The fraction of sp³-hybridized carbons (Fsp3) is 0.841. The van der Waals surface area contributed by atoms with Gasteiger partial charge in [-0.3, -0.25) is 19.2 Å². The number of carboxylic acid groups (broad SMARTS) is 2. The van der Waals surface area contributed by atoms with Gasteiger partial charge in [-0.2, -0.15) is 0 Å². The molecular formula is C126H192O18. The quantitative estimate of drug-likeness (QED) is 0.0535. The minimum absolute atomic E-state index is 0.0148. The molecule has 16 unspecified atom stereocenters. The van der Waals surface area contributed by atoms with Crippen molar-refractivity contribution in [2.45, 2.75) is 420 Å². The van der Waals surface area contributed by atoms with E-state index < -0.39 is 68.8 Å². The summed E-state index contributed by atoms with van der Waals surface area (Å²) in [4.78, 5) is 103. The molecule has 20 aliphatic carbocycles. The molecule has 0 aliphatic heterocycles. The number of esters is 2. The summed E-state index contributed by atoms with van der Waals surface area (Å²) in [7, 11) is 3.54. The number of carbonyl (C=O) groups excluding carboxylic acids is 6. The molecule has 0 radical (unpaired) electrons. The third-order valence-corrected chi connectivity index (χ3v) is 53.1. The van der Waals surface area contributed by atoms with E-state index in [4.69, 9.17) is 18.9 Å². The van der Waals surface area contributed by atoms with Gasteiger partial charge in [0.2, 0.25) is 0 Å². The Labute approximate surface area is 866 Å². The van der Waals surface area contributed by atoms with Crippen molar-refractivity contribution in [1.29, 1.82) is 0 Å². The predicted octanol–water partition coefficient (Wildman–Crippen LogP) is 25.1. The number of hydrogen-bond acceptors (Lipinski definition) is 16. The van der Waals surface area contributed by atoms with Crippen LogP contribution < -0.4 is 0 Å². The van der Waals surface area contributed by atoms with Crippen molar-refractivity contribution in [2.24, 2.45) is 215 Å². The van der Waals surface area contributed by atoms with Crippen LogP contribution >= 0.6 is 0 Å². The number of aldehydes is 4. The van der Waals surface area contributed by atoms with E-state index in [1.54, 1.807) is 26.4 Å². The Morgan fingerprint density at radius 3 is 0.889 bits per heavy atom. The number of fused-ring (bicyclic) bond motifs is 28. The van der Waals surface area contributed by atoms with Crippen LogP contribution in [-0.2, 0) is 57.3 Å². The molecule has 0 spiro atoms. The molecule has 0 amide bonds. The molecule has 16 fully saturated rings. The molecule has 0 bridgehead atoms. The zero-order valence-corrected chi connectivity index (χ0v) is 93.5. The van der Waals surface area contributed by atoms with Crippen LogP contribution in [0.15, 0.2) is 71.9 Å². The number of hydrogen-bond donors (Lipinski definition) is 6. The Kier molecular flexibility index (Phi) is 28.5. The first-order valence-corrected chi connectivity index (χ1v) is 57.9. The maximum Gasteiger partial charge on any atom is 0.315 e. The second kappa shape index (κ2) is 37.3. The van der Waals surface area contributed by atoms with Crippen molar-refractivity contribution in [3.8, 4) is 0 Å². The third-order valence-electron chi connectivity index (χ3n) is 53.1. The number of allylic oxidation sites excluding steroid dienone is 8. The van der Waals surface area contributed by atoms with Crippen LogP contribution in [0.2, 0.25) is 0 Å². The molecule has 0 aromatic heterocycles. The lowest BCUT2D eigenvalue weighted by atomic mass is 9.33. The fourth-order valence-electron chi connectivity index (χ4n) is 43.4. The molecular weight excluding hydrogens is 1800 g/mol. The first kappa shape index (κ1) is 110. The van der Waals surface area contributed by atoms with E-state index >= 15 is 0 Å². The molecule has 16 saturated carbocycles. The van der Waals surface area contributed by atoms with Gasteiger partial charge in [-0.15, -0.1) is 0 Å². The van der Waals surface area contributed by atoms with E-state index in [9.17, 15) is 69.0 Å². The lowest BCUT2D eigenvalue weighted by Gasteiger charge is -2.71. The summed E-state index contributed by atoms with van der Waals surface area (Å²) in [5, 5.41) is 66.3. The molecule has 0 heterocycles. The van der Waals surface area contributed by atoms with E-state index in [1.807, 2.05) is 13.8 Å². The van der Waals surface area contributed by atoms with E-state index in [2.05, 4.69) is 176 Å². The van der Waals surface area contributed by atoms with Gasteiger partial charge in [0, 0.05) is 25.0 Å². The Bertz CT molecular complexity index is 5120. The Balaban J connectivity index is 0.000000132. The van der Waals surface area contributed by atoms with Gasteiger partial charge >= 0.3 is 23.9 Å².